The Kier molecular flexibility index (Phi) is 7.66. The van der Waals surface area contributed by atoms with Crippen molar-refractivity contribution in [3.8, 4) is 0 Å². The third kappa shape index (κ3) is 5.85. The Hall–Kier alpha value is -1.86. The van der Waals surface area contributed by atoms with E-state index in [-0.39, 0.29) is 11.1 Å². The topological polar surface area (TPSA) is 40.3 Å². The average molecular weight is 391 g/mol. The first-order valence-corrected chi connectivity index (χ1v) is 9.78. The molecule has 26 heavy (non-hydrogen) atoms. The van der Waals surface area contributed by atoms with Crippen molar-refractivity contribution in [1.82, 2.24) is 0 Å². The van der Waals surface area contributed by atoms with E-state index in [2.05, 4.69) is 27.8 Å². The maximum atomic E-state index is 14.4. The van der Waals surface area contributed by atoms with Crippen LogP contribution < -0.4 is 4.90 Å². The molecule has 0 aliphatic rings. The molecule has 0 aromatic heterocycles. The van der Waals surface area contributed by atoms with Crippen molar-refractivity contribution in [2.24, 2.45) is 15.2 Å². The first-order valence-electron chi connectivity index (χ1n) is 8.28. The van der Waals surface area contributed by atoms with E-state index >= 15 is 0 Å². The van der Waals surface area contributed by atoms with Crippen molar-refractivity contribution in [2.45, 2.75) is 19.2 Å². The SMILES string of the molecule is CCS/C(=N\C(C)S)c1ccc(/N=N/c2ccc(N(C)C)cc2)c(F)c1. The number of nitrogens with zero attached hydrogens (tertiary/aromatic N) is 4. The van der Waals surface area contributed by atoms with Gasteiger partial charge in [-0.15, -0.1) is 16.9 Å². The van der Waals surface area contributed by atoms with E-state index in [0.29, 0.717) is 5.69 Å². The minimum atomic E-state index is -0.424. The minimum absolute atomic E-state index is 0.142. The fourth-order valence-electron chi connectivity index (χ4n) is 2.15. The Morgan fingerprint density at radius 1 is 1.15 bits per heavy atom. The summed E-state index contributed by atoms with van der Waals surface area (Å²) < 4.78 is 14.4. The summed E-state index contributed by atoms with van der Waals surface area (Å²) in [6, 6.07) is 12.5. The van der Waals surface area contributed by atoms with Gasteiger partial charge >= 0.3 is 0 Å². The zero-order chi connectivity index (χ0) is 19.1. The lowest BCUT2D eigenvalue weighted by Gasteiger charge is -2.11. The molecule has 0 aliphatic carbocycles. The van der Waals surface area contributed by atoms with Crippen LogP contribution in [0.5, 0.6) is 0 Å². The van der Waals surface area contributed by atoms with Crippen LogP contribution in [0.4, 0.5) is 21.5 Å². The predicted octanol–water partition coefficient (Wildman–Crippen LogP) is 6.08. The Morgan fingerprint density at radius 2 is 1.85 bits per heavy atom. The lowest BCUT2D eigenvalue weighted by molar-refractivity contribution is 0.628. The van der Waals surface area contributed by atoms with Gasteiger partial charge in [0.2, 0.25) is 0 Å². The Morgan fingerprint density at radius 3 is 2.38 bits per heavy atom. The van der Waals surface area contributed by atoms with Crippen LogP contribution in [0.25, 0.3) is 0 Å². The molecule has 138 valence electrons. The third-order valence-electron chi connectivity index (χ3n) is 3.42. The Balaban J connectivity index is 2.21. The molecule has 0 spiro atoms. The Bertz CT molecular complexity index is 787. The third-order valence-corrected chi connectivity index (χ3v) is 4.44. The summed E-state index contributed by atoms with van der Waals surface area (Å²) >= 11 is 5.85. The van der Waals surface area contributed by atoms with Crippen LogP contribution in [0.2, 0.25) is 0 Å². The molecule has 2 rings (SSSR count). The molecule has 2 aromatic carbocycles. The summed E-state index contributed by atoms with van der Waals surface area (Å²) in [6.45, 7) is 3.91. The average Bonchev–Trinajstić information content (AvgIpc) is 2.60. The molecule has 0 amide bonds. The van der Waals surface area contributed by atoms with Crippen molar-refractivity contribution in [3.05, 3.63) is 53.8 Å². The first-order chi connectivity index (χ1) is 12.4. The molecule has 0 aliphatic heterocycles. The van der Waals surface area contributed by atoms with Gasteiger partial charge in [-0.1, -0.05) is 6.92 Å². The zero-order valence-corrected chi connectivity index (χ0v) is 17.1. The number of hydrogen-bond acceptors (Lipinski definition) is 6. The minimum Gasteiger partial charge on any atom is -0.378 e. The number of azo groups is 1. The van der Waals surface area contributed by atoms with Crippen molar-refractivity contribution >= 4 is 46.5 Å². The van der Waals surface area contributed by atoms with Crippen LogP contribution in [0.15, 0.2) is 57.7 Å². The number of anilines is 1. The van der Waals surface area contributed by atoms with E-state index in [1.54, 1.807) is 17.8 Å². The van der Waals surface area contributed by atoms with Crippen molar-refractivity contribution in [2.75, 3.05) is 24.7 Å². The predicted molar refractivity (Wildman–Crippen MR) is 114 cm³/mol. The van der Waals surface area contributed by atoms with Crippen LogP contribution in [-0.2, 0) is 0 Å². The van der Waals surface area contributed by atoms with Crippen molar-refractivity contribution < 1.29 is 4.39 Å². The second-order valence-electron chi connectivity index (χ2n) is 5.78. The molecule has 1 unspecified atom stereocenters. The van der Waals surface area contributed by atoms with Crippen LogP contribution >= 0.6 is 24.4 Å². The molecule has 0 fully saturated rings. The second kappa shape index (κ2) is 9.73. The van der Waals surface area contributed by atoms with Gasteiger partial charge in [0.1, 0.15) is 5.69 Å². The normalized spacial score (nSPS) is 13.2. The van der Waals surface area contributed by atoms with Crippen LogP contribution in [0, 0.1) is 5.82 Å². The molecule has 0 radical (unpaired) electrons. The number of thiol groups is 1. The molecule has 7 heteroatoms. The van der Waals surface area contributed by atoms with E-state index in [0.717, 1.165) is 22.0 Å². The van der Waals surface area contributed by atoms with Gasteiger partial charge in [0.05, 0.1) is 16.1 Å². The van der Waals surface area contributed by atoms with Gasteiger partial charge < -0.3 is 4.90 Å². The number of hydrogen-bond donors (Lipinski definition) is 1. The molecular weight excluding hydrogens is 367 g/mol. The maximum Gasteiger partial charge on any atom is 0.151 e. The fourth-order valence-corrected chi connectivity index (χ4v) is 3.14. The van der Waals surface area contributed by atoms with Gasteiger partial charge in [-0.25, -0.2) is 4.39 Å². The van der Waals surface area contributed by atoms with Gasteiger partial charge in [0, 0.05) is 25.3 Å². The second-order valence-corrected chi connectivity index (χ2v) is 7.78. The van der Waals surface area contributed by atoms with Gasteiger partial charge in [0.15, 0.2) is 5.82 Å². The smallest absolute Gasteiger partial charge is 0.151 e. The molecular formula is C19H23FN4S2. The number of aliphatic imine (C=N–C) groups is 1. The molecule has 0 saturated heterocycles. The van der Waals surface area contributed by atoms with E-state index in [1.165, 1.54) is 6.07 Å². The fraction of sp³-hybridized carbons (Fsp3) is 0.316. The quantitative estimate of drug-likeness (QED) is 0.281. The summed E-state index contributed by atoms with van der Waals surface area (Å²) in [7, 11) is 3.94. The molecule has 1 atom stereocenters. The van der Waals surface area contributed by atoms with E-state index in [1.807, 2.05) is 63.2 Å². The largest absolute Gasteiger partial charge is 0.378 e. The van der Waals surface area contributed by atoms with Gasteiger partial charge in [-0.3, -0.25) is 4.99 Å². The summed E-state index contributed by atoms with van der Waals surface area (Å²) in [5.74, 6) is 0.429. The zero-order valence-electron chi connectivity index (χ0n) is 15.3. The van der Waals surface area contributed by atoms with E-state index in [4.69, 9.17) is 0 Å². The highest BCUT2D eigenvalue weighted by Gasteiger charge is 2.09. The Labute approximate surface area is 164 Å². The lowest BCUT2D eigenvalue weighted by atomic mass is 10.2. The maximum absolute atomic E-state index is 14.4. The monoisotopic (exact) mass is 390 g/mol. The number of halogens is 1. The highest BCUT2D eigenvalue weighted by molar-refractivity contribution is 8.14. The first kappa shape index (κ1) is 20.5. The molecule has 0 N–H and O–H groups in total. The molecule has 0 saturated carbocycles. The van der Waals surface area contributed by atoms with Gasteiger partial charge in [-0.05, 0) is 55.1 Å². The number of benzene rings is 2. The standard InChI is InChI=1S/C19H23FN4S2/c1-5-26-19(21-13(2)25)14-6-11-18(17(20)12-14)23-22-15-7-9-16(10-8-15)24(3)4/h6-13,25H,5H2,1-4H3/b21-19-,23-22+. The molecule has 0 bridgehead atoms. The highest BCUT2D eigenvalue weighted by atomic mass is 32.2. The van der Waals surface area contributed by atoms with Crippen LogP contribution in [-0.4, -0.2) is 30.3 Å². The van der Waals surface area contributed by atoms with Crippen LogP contribution in [0.1, 0.15) is 19.4 Å². The van der Waals surface area contributed by atoms with Crippen molar-refractivity contribution in [1.29, 1.82) is 0 Å². The summed E-state index contributed by atoms with van der Waals surface area (Å²) in [5.41, 5.74) is 2.67. The summed E-state index contributed by atoms with van der Waals surface area (Å²) in [5, 5.41) is 8.78. The van der Waals surface area contributed by atoms with Gasteiger partial charge in [0.25, 0.3) is 0 Å². The lowest BCUT2D eigenvalue weighted by Crippen LogP contribution is -2.07. The van der Waals surface area contributed by atoms with Crippen LogP contribution in [0.3, 0.4) is 0 Å². The summed E-state index contributed by atoms with van der Waals surface area (Å²) in [6.07, 6.45) is 0. The van der Waals surface area contributed by atoms with Crippen molar-refractivity contribution in [3.63, 3.8) is 0 Å². The van der Waals surface area contributed by atoms with E-state index in [9.17, 15) is 4.39 Å². The molecule has 2 aromatic rings. The number of thioether (sulfide) groups is 1. The molecule has 0 heterocycles. The highest BCUT2D eigenvalue weighted by Crippen LogP contribution is 2.26. The van der Waals surface area contributed by atoms with Gasteiger partial charge in [-0.2, -0.15) is 17.7 Å². The number of rotatable bonds is 6. The van der Waals surface area contributed by atoms with E-state index < -0.39 is 5.82 Å². The molecule has 4 nitrogen and oxygen atoms in total. The summed E-state index contributed by atoms with van der Waals surface area (Å²) in [4.78, 5) is 6.44.